The lowest BCUT2D eigenvalue weighted by molar-refractivity contribution is 0.0520. The van der Waals surface area contributed by atoms with Gasteiger partial charge in [-0.25, -0.2) is 4.98 Å². The van der Waals surface area contributed by atoms with Gasteiger partial charge in [0.25, 0.3) is 0 Å². The molecular weight excluding hydrogens is 436 g/mol. The number of hydrogen-bond donors (Lipinski definition) is 0. The van der Waals surface area contributed by atoms with Gasteiger partial charge in [0.05, 0.1) is 41.7 Å². The number of nitrogens with zero attached hydrogens (tertiary/aromatic N) is 6. The lowest BCUT2D eigenvalue weighted by atomic mass is 10.2. The topological polar surface area (TPSA) is 61.0 Å². The molecule has 5 rings (SSSR count). The fraction of sp³-hybridized carbons (Fsp3) is 0.393. The minimum atomic E-state index is 0.112. The van der Waals surface area contributed by atoms with Gasteiger partial charge < -0.3 is 18.8 Å². The van der Waals surface area contributed by atoms with Crippen molar-refractivity contribution >= 4 is 11.0 Å². The first-order chi connectivity index (χ1) is 17.0. The lowest BCUT2D eigenvalue weighted by Gasteiger charge is -2.30. The number of hydrogen-bond acceptors (Lipinski definition) is 5. The van der Waals surface area contributed by atoms with E-state index in [2.05, 4.69) is 77.0 Å². The third-order valence-corrected chi connectivity index (χ3v) is 6.82. The van der Waals surface area contributed by atoms with E-state index < -0.39 is 0 Å². The number of aryl methyl sites for hydroxylation is 1. The molecule has 0 bridgehead atoms. The van der Waals surface area contributed by atoms with Crippen molar-refractivity contribution in [2.24, 2.45) is 0 Å². The van der Waals surface area contributed by atoms with Gasteiger partial charge in [-0.05, 0) is 31.2 Å². The summed E-state index contributed by atoms with van der Waals surface area (Å²) >= 11 is 0. The maximum atomic E-state index is 5.48. The van der Waals surface area contributed by atoms with Gasteiger partial charge in [0, 0.05) is 68.0 Å². The van der Waals surface area contributed by atoms with Crippen molar-refractivity contribution in [3.8, 4) is 11.3 Å². The summed E-state index contributed by atoms with van der Waals surface area (Å²) < 4.78 is 10.00. The average Bonchev–Trinajstić information content (AvgIpc) is 3.52. The number of rotatable bonds is 8. The van der Waals surface area contributed by atoms with E-state index in [4.69, 9.17) is 14.7 Å². The molecule has 0 radical (unpaired) electrons. The molecular formula is C28H34N6O. The van der Waals surface area contributed by atoms with Crippen LogP contribution in [0.1, 0.15) is 50.7 Å². The Labute approximate surface area is 207 Å². The molecule has 1 aliphatic heterocycles. The molecule has 182 valence electrons. The summed E-state index contributed by atoms with van der Waals surface area (Å²) in [5, 5.41) is 0. The molecule has 1 saturated heterocycles. The first-order valence-corrected chi connectivity index (χ1v) is 12.5. The summed E-state index contributed by atoms with van der Waals surface area (Å²) in [7, 11) is 0. The quantitative estimate of drug-likeness (QED) is 0.351. The molecule has 0 aliphatic carbocycles. The van der Waals surface area contributed by atoms with E-state index in [0.717, 1.165) is 73.1 Å². The highest BCUT2D eigenvalue weighted by Crippen LogP contribution is 2.28. The van der Waals surface area contributed by atoms with Crippen LogP contribution in [0, 0.1) is 0 Å². The molecule has 4 aromatic rings. The van der Waals surface area contributed by atoms with Gasteiger partial charge in [0.15, 0.2) is 0 Å². The third-order valence-electron chi connectivity index (χ3n) is 6.82. The number of morpholine rings is 1. The Bertz CT molecular complexity index is 1300. The van der Waals surface area contributed by atoms with Crippen LogP contribution in [0.5, 0.6) is 0 Å². The molecule has 0 saturated carbocycles. The summed E-state index contributed by atoms with van der Waals surface area (Å²) in [6, 6.07) is 10.4. The van der Waals surface area contributed by atoms with E-state index in [1.807, 2.05) is 24.5 Å². The molecule has 0 spiro atoms. The normalized spacial score (nSPS) is 15.1. The van der Waals surface area contributed by atoms with Crippen LogP contribution in [0.2, 0.25) is 0 Å². The largest absolute Gasteiger partial charge is 0.378 e. The van der Waals surface area contributed by atoms with Crippen molar-refractivity contribution < 1.29 is 4.74 Å². The van der Waals surface area contributed by atoms with Crippen molar-refractivity contribution in [1.29, 1.82) is 0 Å². The van der Waals surface area contributed by atoms with Crippen LogP contribution in [0.3, 0.4) is 0 Å². The molecule has 0 N–H and O–H groups in total. The minimum Gasteiger partial charge on any atom is -0.378 e. The second-order valence-electron chi connectivity index (χ2n) is 9.53. The number of pyridine rings is 2. The number of ether oxygens (including phenoxy) is 1. The van der Waals surface area contributed by atoms with Crippen LogP contribution in [-0.2, 0) is 11.3 Å². The average molecular weight is 471 g/mol. The fourth-order valence-electron chi connectivity index (χ4n) is 4.77. The molecule has 35 heavy (non-hydrogen) atoms. The number of imidazole rings is 1. The van der Waals surface area contributed by atoms with E-state index in [-0.39, 0.29) is 6.04 Å². The second-order valence-corrected chi connectivity index (χ2v) is 9.53. The van der Waals surface area contributed by atoms with Crippen molar-refractivity contribution in [1.82, 2.24) is 29.0 Å². The van der Waals surface area contributed by atoms with Crippen LogP contribution < -0.4 is 0 Å². The molecule has 5 heterocycles. The van der Waals surface area contributed by atoms with Crippen molar-refractivity contribution in [3.63, 3.8) is 0 Å². The molecule has 0 amide bonds. The highest BCUT2D eigenvalue weighted by molar-refractivity contribution is 5.81. The van der Waals surface area contributed by atoms with Crippen molar-refractivity contribution in [2.45, 2.75) is 45.7 Å². The molecule has 1 aliphatic rings. The zero-order chi connectivity index (χ0) is 24.4. The number of fused-ring (bicyclic) bond motifs is 1. The van der Waals surface area contributed by atoms with Crippen LogP contribution >= 0.6 is 0 Å². The predicted molar refractivity (Wildman–Crippen MR) is 139 cm³/mol. The SMILES string of the molecule is C=C(CCn1cc(-c2cnc3ccn(C(C)c4ccccn4)c3c2)nc1C(C)C)N1CCOCC1. The first-order valence-electron chi connectivity index (χ1n) is 12.5. The Morgan fingerprint density at radius 1 is 1.11 bits per heavy atom. The lowest BCUT2D eigenvalue weighted by Crippen LogP contribution is -2.35. The van der Waals surface area contributed by atoms with E-state index in [1.165, 1.54) is 5.70 Å². The monoisotopic (exact) mass is 470 g/mol. The van der Waals surface area contributed by atoms with Crippen LogP contribution in [0.15, 0.2) is 67.4 Å². The fourth-order valence-corrected chi connectivity index (χ4v) is 4.77. The summed E-state index contributed by atoms with van der Waals surface area (Å²) in [6.45, 7) is 15.2. The molecule has 7 heteroatoms. The molecule has 1 fully saturated rings. The Hall–Kier alpha value is -3.45. The van der Waals surface area contributed by atoms with E-state index >= 15 is 0 Å². The van der Waals surface area contributed by atoms with Crippen LogP contribution in [0.4, 0.5) is 0 Å². The summed E-state index contributed by atoms with van der Waals surface area (Å²) in [5.41, 5.74) is 6.24. The van der Waals surface area contributed by atoms with Crippen molar-refractivity contribution in [3.05, 3.63) is 78.9 Å². The zero-order valence-electron chi connectivity index (χ0n) is 20.9. The highest BCUT2D eigenvalue weighted by Gasteiger charge is 2.18. The van der Waals surface area contributed by atoms with Gasteiger partial charge in [-0.15, -0.1) is 0 Å². The van der Waals surface area contributed by atoms with Crippen LogP contribution in [0.25, 0.3) is 22.3 Å². The number of allylic oxidation sites excluding steroid dienone is 1. The molecule has 4 aromatic heterocycles. The van der Waals surface area contributed by atoms with Gasteiger partial charge in [-0.2, -0.15) is 0 Å². The highest BCUT2D eigenvalue weighted by atomic mass is 16.5. The van der Waals surface area contributed by atoms with Gasteiger partial charge in [-0.3, -0.25) is 9.97 Å². The van der Waals surface area contributed by atoms with Gasteiger partial charge in [-0.1, -0.05) is 26.5 Å². The zero-order valence-corrected chi connectivity index (χ0v) is 20.9. The summed E-state index contributed by atoms with van der Waals surface area (Å²) in [4.78, 5) is 16.7. The number of aromatic nitrogens is 5. The summed E-state index contributed by atoms with van der Waals surface area (Å²) in [6.07, 6.45) is 8.93. The molecule has 1 atom stereocenters. The van der Waals surface area contributed by atoms with Gasteiger partial charge in [0.2, 0.25) is 0 Å². The van der Waals surface area contributed by atoms with E-state index in [0.29, 0.717) is 5.92 Å². The standard InChI is InChI=1S/C28H34N6O/c1-20(2)28-31-26(19-33(28)11-8-21(3)32-13-15-35-16-14-32)23-17-27-25(30-18-23)9-12-34(27)22(4)24-7-5-6-10-29-24/h5-7,9-10,12,17-20,22H,3,8,11,13-16H2,1-2,4H3. The van der Waals surface area contributed by atoms with Crippen LogP contribution in [-0.4, -0.2) is 55.3 Å². The van der Waals surface area contributed by atoms with E-state index in [1.54, 1.807) is 0 Å². The Morgan fingerprint density at radius 2 is 1.94 bits per heavy atom. The van der Waals surface area contributed by atoms with E-state index in [9.17, 15) is 0 Å². The Kier molecular flexibility index (Phi) is 6.68. The van der Waals surface area contributed by atoms with Gasteiger partial charge >= 0.3 is 0 Å². The molecule has 7 nitrogen and oxygen atoms in total. The predicted octanol–water partition coefficient (Wildman–Crippen LogP) is 5.26. The molecule has 1 unspecified atom stereocenters. The minimum absolute atomic E-state index is 0.112. The Balaban J connectivity index is 1.41. The summed E-state index contributed by atoms with van der Waals surface area (Å²) in [5.74, 6) is 1.41. The first kappa shape index (κ1) is 23.3. The Morgan fingerprint density at radius 3 is 2.69 bits per heavy atom. The second kappa shape index (κ2) is 10.0. The maximum Gasteiger partial charge on any atom is 0.111 e. The maximum absolute atomic E-state index is 5.48. The van der Waals surface area contributed by atoms with Gasteiger partial charge in [0.1, 0.15) is 5.82 Å². The van der Waals surface area contributed by atoms with Crippen molar-refractivity contribution in [2.75, 3.05) is 26.3 Å². The smallest absolute Gasteiger partial charge is 0.111 e. The third kappa shape index (κ3) is 4.86. The molecule has 0 aromatic carbocycles.